The van der Waals surface area contributed by atoms with E-state index in [1.165, 1.54) is 18.4 Å². The molecule has 0 unspecified atom stereocenters. The second-order valence-electron chi connectivity index (χ2n) is 6.85. The van der Waals surface area contributed by atoms with Crippen molar-refractivity contribution in [2.45, 2.75) is 39.0 Å². The summed E-state index contributed by atoms with van der Waals surface area (Å²) >= 11 is 1.54. The fourth-order valence-electron chi connectivity index (χ4n) is 2.53. The molecule has 1 aliphatic carbocycles. The summed E-state index contributed by atoms with van der Waals surface area (Å²) in [6.07, 6.45) is 5.11. The summed E-state index contributed by atoms with van der Waals surface area (Å²) < 4.78 is 0. The van der Waals surface area contributed by atoms with Gasteiger partial charge in [-0.1, -0.05) is 44.2 Å². The Hall–Kier alpha value is -1.68. The van der Waals surface area contributed by atoms with E-state index in [9.17, 15) is 4.79 Å². The molecule has 3 nitrogen and oxygen atoms in total. The van der Waals surface area contributed by atoms with Crippen LogP contribution < -0.4 is 5.32 Å². The van der Waals surface area contributed by atoms with Crippen molar-refractivity contribution in [2.24, 2.45) is 5.41 Å². The predicted molar refractivity (Wildman–Crippen MR) is 90.3 cm³/mol. The Morgan fingerprint density at radius 2 is 2.05 bits per heavy atom. The van der Waals surface area contributed by atoms with Crippen molar-refractivity contribution in [3.05, 3.63) is 52.0 Å². The van der Waals surface area contributed by atoms with Crippen LogP contribution in [0.3, 0.4) is 0 Å². The van der Waals surface area contributed by atoms with Crippen LogP contribution in [0.15, 0.2) is 36.5 Å². The topological polar surface area (TPSA) is 42.0 Å². The quantitative estimate of drug-likeness (QED) is 0.875. The molecule has 0 aliphatic heterocycles. The third kappa shape index (κ3) is 3.95. The van der Waals surface area contributed by atoms with E-state index < -0.39 is 0 Å². The predicted octanol–water partition coefficient (Wildman–Crippen LogP) is 4.02. The van der Waals surface area contributed by atoms with Crippen molar-refractivity contribution in [2.75, 3.05) is 6.54 Å². The van der Waals surface area contributed by atoms with Crippen molar-refractivity contribution in [3.63, 3.8) is 0 Å². The molecule has 1 aliphatic rings. The Labute approximate surface area is 135 Å². The van der Waals surface area contributed by atoms with Crippen molar-refractivity contribution >= 4 is 17.2 Å². The van der Waals surface area contributed by atoms with Crippen LogP contribution in [0.5, 0.6) is 0 Å². The molecule has 22 heavy (non-hydrogen) atoms. The van der Waals surface area contributed by atoms with Gasteiger partial charge in [0.25, 0.3) is 5.91 Å². The number of hydrogen-bond acceptors (Lipinski definition) is 3. The van der Waals surface area contributed by atoms with Crippen LogP contribution in [0.1, 0.15) is 52.8 Å². The van der Waals surface area contributed by atoms with Gasteiger partial charge in [0.2, 0.25) is 0 Å². The number of nitrogens with one attached hydrogen (secondary N) is 1. The van der Waals surface area contributed by atoms with Crippen LogP contribution in [-0.4, -0.2) is 17.4 Å². The van der Waals surface area contributed by atoms with Gasteiger partial charge in [-0.05, 0) is 30.2 Å². The minimum absolute atomic E-state index is 0.00513. The van der Waals surface area contributed by atoms with Crippen molar-refractivity contribution in [1.29, 1.82) is 0 Å². The lowest BCUT2D eigenvalue weighted by Gasteiger charge is -2.25. The third-order valence-corrected chi connectivity index (χ3v) is 5.09. The molecule has 0 saturated heterocycles. The van der Waals surface area contributed by atoms with Crippen molar-refractivity contribution in [3.8, 4) is 0 Å². The fraction of sp³-hybridized carbons (Fsp3) is 0.444. The number of benzene rings is 1. The Morgan fingerprint density at radius 1 is 1.32 bits per heavy atom. The standard InChI is InChI=1S/C18H22N2OS/c1-18(2,10-13-6-4-3-5-7-13)12-20-16(21)15-11-19-17(22-15)14-8-9-14/h3-7,11,14H,8-10,12H2,1-2H3,(H,20,21). The van der Waals surface area contributed by atoms with Crippen LogP contribution in [0, 0.1) is 5.41 Å². The number of carbonyl (C=O) groups is 1. The molecule has 1 aromatic heterocycles. The van der Waals surface area contributed by atoms with Gasteiger partial charge < -0.3 is 5.32 Å². The maximum Gasteiger partial charge on any atom is 0.263 e. The first-order valence-corrected chi connectivity index (χ1v) is 8.63. The van der Waals surface area contributed by atoms with Crippen molar-refractivity contribution in [1.82, 2.24) is 10.3 Å². The largest absolute Gasteiger partial charge is 0.351 e. The summed E-state index contributed by atoms with van der Waals surface area (Å²) in [5, 5.41) is 4.18. The van der Waals surface area contributed by atoms with Gasteiger partial charge >= 0.3 is 0 Å². The second kappa shape index (κ2) is 6.21. The highest BCUT2D eigenvalue weighted by Crippen LogP contribution is 2.41. The summed E-state index contributed by atoms with van der Waals surface area (Å²) in [4.78, 5) is 17.4. The molecule has 116 valence electrons. The zero-order chi connectivity index (χ0) is 15.6. The van der Waals surface area contributed by atoms with E-state index in [2.05, 4.69) is 48.4 Å². The van der Waals surface area contributed by atoms with Crippen molar-refractivity contribution < 1.29 is 4.79 Å². The van der Waals surface area contributed by atoms with E-state index in [4.69, 9.17) is 0 Å². The van der Waals surface area contributed by atoms with Gasteiger partial charge in [-0.25, -0.2) is 4.98 Å². The molecular weight excluding hydrogens is 292 g/mol. The summed E-state index contributed by atoms with van der Waals surface area (Å²) in [6.45, 7) is 5.03. The molecule has 1 N–H and O–H groups in total. The first kappa shape index (κ1) is 15.2. The zero-order valence-electron chi connectivity index (χ0n) is 13.1. The fourth-order valence-corrected chi connectivity index (χ4v) is 3.53. The summed E-state index contributed by atoms with van der Waals surface area (Å²) in [6, 6.07) is 10.4. The number of hydrogen-bond donors (Lipinski definition) is 1. The molecule has 0 radical (unpaired) electrons. The molecule has 0 bridgehead atoms. The highest BCUT2D eigenvalue weighted by atomic mass is 32.1. The average molecular weight is 314 g/mol. The van der Waals surface area contributed by atoms with E-state index in [0.717, 1.165) is 16.3 Å². The van der Waals surface area contributed by atoms with Crippen LogP contribution >= 0.6 is 11.3 Å². The maximum absolute atomic E-state index is 12.3. The molecule has 2 aromatic rings. The number of rotatable bonds is 6. The number of thiazole rings is 1. The van der Waals surface area contributed by atoms with Crippen LogP contribution in [0.4, 0.5) is 0 Å². The summed E-state index contributed by atoms with van der Waals surface area (Å²) in [7, 11) is 0. The van der Waals surface area contributed by atoms with E-state index >= 15 is 0 Å². The van der Waals surface area contributed by atoms with Crippen LogP contribution in [-0.2, 0) is 6.42 Å². The number of amides is 1. The van der Waals surface area contributed by atoms with Gasteiger partial charge in [-0.3, -0.25) is 4.79 Å². The van der Waals surface area contributed by atoms with Gasteiger partial charge in [0.15, 0.2) is 0 Å². The molecule has 1 aromatic carbocycles. The Balaban J connectivity index is 1.54. The lowest BCUT2D eigenvalue weighted by Crippen LogP contribution is -2.34. The Kier molecular flexibility index (Phi) is 4.30. The Morgan fingerprint density at radius 3 is 2.73 bits per heavy atom. The highest BCUT2D eigenvalue weighted by Gasteiger charge is 2.28. The lowest BCUT2D eigenvalue weighted by molar-refractivity contribution is 0.0940. The lowest BCUT2D eigenvalue weighted by atomic mass is 9.85. The van der Waals surface area contributed by atoms with Gasteiger partial charge in [0, 0.05) is 12.5 Å². The van der Waals surface area contributed by atoms with Crippen LogP contribution in [0.25, 0.3) is 0 Å². The number of carbonyl (C=O) groups excluding carboxylic acids is 1. The molecule has 3 rings (SSSR count). The second-order valence-corrected chi connectivity index (χ2v) is 7.91. The molecule has 1 heterocycles. The van der Waals surface area contributed by atoms with E-state index in [1.807, 2.05) is 6.07 Å². The van der Waals surface area contributed by atoms with E-state index in [0.29, 0.717) is 12.5 Å². The molecule has 0 atom stereocenters. The Bertz CT molecular complexity index is 644. The highest BCUT2D eigenvalue weighted by molar-refractivity contribution is 7.13. The zero-order valence-corrected chi connectivity index (χ0v) is 14.0. The molecule has 1 amide bonds. The molecule has 4 heteroatoms. The summed E-state index contributed by atoms with van der Waals surface area (Å²) in [5.41, 5.74) is 1.33. The molecule has 0 spiro atoms. The van der Waals surface area contributed by atoms with Gasteiger partial charge in [-0.2, -0.15) is 0 Å². The summed E-state index contributed by atoms with van der Waals surface area (Å²) in [5.74, 6) is 0.617. The molecule has 1 saturated carbocycles. The number of nitrogens with zero attached hydrogens (tertiary/aromatic N) is 1. The monoisotopic (exact) mass is 314 g/mol. The van der Waals surface area contributed by atoms with Crippen LogP contribution in [0.2, 0.25) is 0 Å². The minimum Gasteiger partial charge on any atom is -0.351 e. The van der Waals surface area contributed by atoms with Gasteiger partial charge in [0.1, 0.15) is 4.88 Å². The molecule has 1 fully saturated rings. The number of aromatic nitrogens is 1. The van der Waals surface area contributed by atoms with E-state index in [1.54, 1.807) is 17.5 Å². The maximum atomic E-state index is 12.3. The smallest absolute Gasteiger partial charge is 0.263 e. The van der Waals surface area contributed by atoms with Gasteiger partial charge in [0.05, 0.1) is 11.2 Å². The minimum atomic E-state index is 0.00513. The normalized spacial score (nSPS) is 14.8. The first-order valence-electron chi connectivity index (χ1n) is 7.81. The first-order chi connectivity index (χ1) is 10.5. The third-order valence-electron chi connectivity index (χ3n) is 3.93. The van der Waals surface area contributed by atoms with Gasteiger partial charge in [-0.15, -0.1) is 11.3 Å². The molecular formula is C18H22N2OS. The SMILES string of the molecule is CC(C)(CNC(=O)c1cnc(C2CC2)s1)Cc1ccccc1. The van der Waals surface area contributed by atoms with E-state index in [-0.39, 0.29) is 11.3 Å². The average Bonchev–Trinajstić information content (AvgIpc) is 3.23.